The molecule has 1 atom stereocenters. The summed E-state index contributed by atoms with van der Waals surface area (Å²) in [4.78, 5) is 25.0. The number of piperidine rings is 2. The molecule has 1 amide bonds. The number of benzene rings is 1. The maximum Gasteiger partial charge on any atom is 0.225 e. The number of amides is 1. The zero-order valence-corrected chi connectivity index (χ0v) is 16.4. The molecule has 146 valence electrons. The number of carbonyl (C=O) groups is 1. The molecule has 5 heteroatoms. The van der Waals surface area contributed by atoms with Gasteiger partial charge in [-0.1, -0.05) is 30.3 Å². The normalized spacial score (nSPS) is 25.1. The van der Waals surface area contributed by atoms with E-state index in [9.17, 15) is 4.79 Å². The topological polar surface area (TPSA) is 58.1 Å². The molecule has 2 aliphatic heterocycles. The minimum atomic E-state index is 0.0165. The average Bonchev–Trinajstić information content (AvgIpc) is 3.11. The van der Waals surface area contributed by atoms with Gasteiger partial charge >= 0.3 is 0 Å². The highest BCUT2D eigenvalue weighted by Crippen LogP contribution is 2.44. The van der Waals surface area contributed by atoms with Crippen molar-refractivity contribution in [1.29, 1.82) is 0 Å². The molecule has 0 radical (unpaired) electrons. The summed E-state index contributed by atoms with van der Waals surface area (Å²) < 4.78 is 0. The number of carbonyl (C=O) groups excluding carboxylic acids is 1. The van der Waals surface area contributed by atoms with Crippen LogP contribution in [-0.2, 0) is 16.6 Å². The fraction of sp³-hybridized carbons (Fsp3) is 0.522. The number of nitrogens with one attached hydrogen (secondary N) is 1. The first-order valence-electron chi connectivity index (χ1n) is 10.7. The van der Waals surface area contributed by atoms with Crippen molar-refractivity contribution in [3.05, 3.63) is 47.8 Å². The fourth-order valence-corrected chi connectivity index (χ4v) is 5.31. The van der Waals surface area contributed by atoms with E-state index in [-0.39, 0.29) is 11.3 Å². The lowest BCUT2D eigenvalue weighted by Gasteiger charge is -2.42. The van der Waals surface area contributed by atoms with Crippen LogP contribution in [0.1, 0.15) is 43.4 Å². The fourth-order valence-electron chi connectivity index (χ4n) is 5.31. The van der Waals surface area contributed by atoms with E-state index in [1.807, 2.05) is 24.4 Å². The van der Waals surface area contributed by atoms with Crippen molar-refractivity contribution in [3.8, 4) is 11.4 Å². The van der Waals surface area contributed by atoms with E-state index in [4.69, 9.17) is 4.98 Å². The number of aryl methyl sites for hydroxylation is 1. The van der Waals surface area contributed by atoms with Crippen molar-refractivity contribution in [2.45, 2.75) is 43.9 Å². The summed E-state index contributed by atoms with van der Waals surface area (Å²) in [6.45, 7) is 3.66. The number of aromatic nitrogens is 2. The molecule has 5 rings (SSSR count). The number of hydrogen-bond acceptors (Lipinski definition) is 4. The maximum absolute atomic E-state index is 13.2. The Labute approximate surface area is 166 Å². The van der Waals surface area contributed by atoms with E-state index in [2.05, 4.69) is 27.3 Å². The molecule has 1 unspecified atom stereocenters. The van der Waals surface area contributed by atoms with Gasteiger partial charge in [-0.25, -0.2) is 9.97 Å². The summed E-state index contributed by atoms with van der Waals surface area (Å²) in [5, 5.41) is 3.37. The molecule has 2 saturated heterocycles. The predicted octanol–water partition coefficient (Wildman–Crippen LogP) is 2.95. The summed E-state index contributed by atoms with van der Waals surface area (Å²) in [6.07, 6.45) is 8.28. The maximum atomic E-state index is 13.2. The number of hydrogen-bond donors (Lipinski definition) is 1. The largest absolute Gasteiger partial charge is 0.342 e. The lowest BCUT2D eigenvalue weighted by molar-refractivity contribution is -0.138. The van der Waals surface area contributed by atoms with Crippen LogP contribution in [0.2, 0.25) is 0 Å². The van der Waals surface area contributed by atoms with Gasteiger partial charge in [-0.3, -0.25) is 4.79 Å². The Bertz CT molecular complexity index is 858. The summed E-state index contributed by atoms with van der Waals surface area (Å²) in [7, 11) is 0. The highest BCUT2D eigenvalue weighted by atomic mass is 16.2. The van der Waals surface area contributed by atoms with Gasteiger partial charge in [-0.2, -0.15) is 0 Å². The summed E-state index contributed by atoms with van der Waals surface area (Å²) in [6, 6.07) is 10.2. The number of fused-ring (bicyclic) bond motifs is 2. The lowest BCUT2D eigenvalue weighted by Crippen LogP contribution is -2.50. The van der Waals surface area contributed by atoms with Crippen LogP contribution in [0.25, 0.3) is 11.4 Å². The van der Waals surface area contributed by atoms with Crippen LogP contribution in [0.5, 0.6) is 0 Å². The van der Waals surface area contributed by atoms with Crippen molar-refractivity contribution in [2.75, 3.05) is 26.2 Å². The second kappa shape index (κ2) is 7.28. The van der Waals surface area contributed by atoms with Crippen LogP contribution >= 0.6 is 0 Å². The molecular weight excluding hydrogens is 348 g/mol. The van der Waals surface area contributed by atoms with Crippen LogP contribution in [-0.4, -0.2) is 47.0 Å². The third-order valence-electron chi connectivity index (χ3n) is 6.85. The first kappa shape index (κ1) is 17.8. The van der Waals surface area contributed by atoms with Crippen LogP contribution in [0.3, 0.4) is 0 Å². The Hall–Kier alpha value is -2.27. The minimum absolute atomic E-state index is 0.0165. The second-order valence-corrected chi connectivity index (χ2v) is 8.60. The summed E-state index contributed by atoms with van der Waals surface area (Å²) in [5.41, 5.74) is 3.55. The number of nitrogens with zero attached hydrogens (tertiary/aromatic N) is 3. The molecule has 1 aliphatic carbocycles. The molecule has 1 N–H and O–H groups in total. The van der Waals surface area contributed by atoms with Crippen molar-refractivity contribution in [2.24, 2.45) is 5.92 Å². The Morgan fingerprint density at radius 2 is 1.96 bits per heavy atom. The third-order valence-corrected chi connectivity index (χ3v) is 6.85. The lowest BCUT2D eigenvalue weighted by atomic mass is 9.77. The van der Waals surface area contributed by atoms with E-state index in [0.717, 1.165) is 76.1 Å². The molecule has 2 fully saturated rings. The molecular formula is C23H28N4O. The summed E-state index contributed by atoms with van der Waals surface area (Å²) >= 11 is 0. The van der Waals surface area contributed by atoms with E-state index in [1.54, 1.807) is 0 Å². The first-order valence-corrected chi connectivity index (χ1v) is 10.7. The van der Waals surface area contributed by atoms with E-state index in [0.29, 0.717) is 5.91 Å². The van der Waals surface area contributed by atoms with E-state index in [1.165, 1.54) is 11.3 Å². The van der Waals surface area contributed by atoms with Crippen LogP contribution in [0, 0.1) is 5.92 Å². The molecule has 5 nitrogen and oxygen atoms in total. The van der Waals surface area contributed by atoms with Gasteiger partial charge in [0.2, 0.25) is 5.91 Å². The molecule has 1 aromatic heterocycles. The van der Waals surface area contributed by atoms with Gasteiger partial charge in [0.25, 0.3) is 0 Å². The standard InChI is InChI=1S/C23H28N4O/c28-22(18-8-12-24-13-9-18)27-14-4-10-23(16-27)11-7-19-15-25-21(26-20(19)23)17-5-2-1-3-6-17/h1-3,5-6,15,18,24H,4,7-14,16H2. The Kier molecular flexibility index (Phi) is 4.63. The third kappa shape index (κ3) is 3.12. The van der Waals surface area contributed by atoms with Gasteiger partial charge in [-0.05, 0) is 57.2 Å². The zero-order valence-electron chi connectivity index (χ0n) is 16.4. The Balaban J connectivity index is 1.43. The molecule has 1 aromatic carbocycles. The van der Waals surface area contributed by atoms with Gasteiger partial charge < -0.3 is 10.2 Å². The van der Waals surface area contributed by atoms with E-state index >= 15 is 0 Å². The zero-order chi connectivity index (χ0) is 19.0. The van der Waals surface area contributed by atoms with E-state index < -0.39 is 0 Å². The SMILES string of the molecule is O=C(C1CCNCC1)N1CCCC2(CCc3cnc(-c4ccccc4)nc32)C1. The highest BCUT2D eigenvalue weighted by molar-refractivity contribution is 5.79. The smallest absolute Gasteiger partial charge is 0.225 e. The monoisotopic (exact) mass is 376 g/mol. The highest BCUT2D eigenvalue weighted by Gasteiger charge is 2.45. The second-order valence-electron chi connectivity index (χ2n) is 8.60. The number of rotatable bonds is 2. The summed E-state index contributed by atoms with van der Waals surface area (Å²) in [5.74, 6) is 1.37. The predicted molar refractivity (Wildman–Crippen MR) is 109 cm³/mol. The average molecular weight is 377 g/mol. The molecule has 3 heterocycles. The van der Waals surface area contributed by atoms with Crippen molar-refractivity contribution in [1.82, 2.24) is 20.2 Å². The van der Waals surface area contributed by atoms with Crippen molar-refractivity contribution in [3.63, 3.8) is 0 Å². The van der Waals surface area contributed by atoms with Crippen molar-refractivity contribution < 1.29 is 4.79 Å². The molecule has 1 spiro atoms. The molecule has 2 aromatic rings. The van der Waals surface area contributed by atoms with Gasteiger partial charge in [0.05, 0.1) is 5.69 Å². The Morgan fingerprint density at radius 1 is 1.14 bits per heavy atom. The quantitative estimate of drug-likeness (QED) is 0.876. The van der Waals surface area contributed by atoms with Crippen LogP contribution < -0.4 is 5.32 Å². The Morgan fingerprint density at radius 3 is 2.79 bits per heavy atom. The first-order chi connectivity index (χ1) is 13.8. The van der Waals surface area contributed by atoms with Gasteiger partial charge in [-0.15, -0.1) is 0 Å². The van der Waals surface area contributed by atoms with Gasteiger partial charge in [0.15, 0.2) is 5.82 Å². The minimum Gasteiger partial charge on any atom is -0.342 e. The van der Waals surface area contributed by atoms with Gasteiger partial charge in [0, 0.05) is 36.2 Å². The molecule has 0 saturated carbocycles. The van der Waals surface area contributed by atoms with Crippen LogP contribution in [0.15, 0.2) is 36.5 Å². The van der Waals surface area contributed by atoms with Crippen LogP contribution in [0.4, 0.5) is 0 Å². The van der Waals surface area contributed by atoms with Gasteiger partial charge in [0.1, 0.15) is 0 Å². The molecule has 0 bridgehead atoms. The number of likely N-dealkylation sites (tertiary alicyclic amines) is 1. The molecule has 3 aliphatic rings. The van der Waals surface area contributed by atoms with Crippen molar-refractivity contribution >= 4 is 5.91 Å². The molecule has 28 heavy (non-hydrogen) atoms.